The van der Waals surface area contributed by atoms with Crippen LogP contribution in [0.15, 0.2) is 12.1 Å². The number of benzene rings is 1. The van der Waals surface area contributed by atoms with Crippen LogP contribution in [-0.2, 0) is 17.6 Å². The number of nitrogens with one attached hydrogen (secondary N) is 1. The molecular weight excluding hydrogens is 398 g/mol. The van der Waals surface area contributed by atoms with E-state index in [1.54, 1.807) is 32.7 Å². The first kappa shape index (κ1) is 21.0. The predicted molar refractivity (Wildman–Crippen MR) is 120 cm³/mol. The van der Waals surface area contributed by atoms with Gasteiger partial charge in [-0.1, -0.05) is 20.8 Å². The molecule has 6 heteroatoms. The lowest BCUT2D eigenvalue weighted by molar-refractivity contribution is -0.116. The van der Waals surface area contributed by atoms with Crippen LogP contribution in [0.4, 0.5) is 5.00 Å². The monoisotopic (exact) mass is 429 g/mol. The second kappa shape index (κ2) is 7.80. The molecule has 1 aromatic heterocycles. The highest BCUT2D eigenvalue weighted by Gasteiger charge is 2.37. The number of methoxy groups -OCH3 is 3. The average molecular weight is 430 g/mol. The van der Waals surface area contributed by atoms with E-state index < -0.39 is 0 Å². The van der Waals surface area contributed by atoms with E-state index in [9.17, 15) is 4.79 Å². The molecule has 0 spiro atoms. The van der Waals surface area contributed by atoms with E-state index >= 15 is 0 Å². The summed E-state index contributed by atoms with van der Waals surface area (Å²) in [6.07, 6.45) is 3.78. The maximum atomic E-state index is 12.6. The van der Waals surface area contributed by atoms with Crippen molar-refractivity contribution in [2.24, 2.45) is 11.3 Å². The van der Waals surface area contributed by atoms with Crippen LogP contribution in [-0.4, -0.2) is 27.2 Å². The zero-order valence-electron chi connectivity index (χ0n) is 18.7. The van der Waals surface area contributed by atoms with E-state index in [-0.39, 0.29) is 11.8 Å². The van der Waals surface area contributed by atoms with Crippen molar-refractivity contribution in [3.63, 3.8) is 0 Å². The molecule has 2 aliphatic rings. The maximum Gasteiger partial charge on any atom is 0.225 e. The van der Waals surface area contributed by atoms with Gasteiger partial charge in [0.1, 0.15) is 0 Å². The lowest BCUT2D eigenvalue weighted by atomic mass is 9.71. The van der Waals surface area contributed by atoms with E-state index in [1.807, 2.05) is 12.1 Å². The molecule has 4 rings (SSSR count). The van der Waals surface area contributed by atoms with Gasteiger partial charge >= 0.3 is 0 Å². The number of anilines is 1. The van der Waals surface area contributed by atoms with Gasteiger partial charge < -0.3 is 19.5 Å². The smallest absolute Gasteiger partial charge is 0.225 e. The Morgan fingerprint density at radius 1 is 1.03 bits per heavy atom. The molecule has 0 unspecified atom stereocenters. The molecule has 1 aliphatic heterocycles. The molecule has 162 valence electrons. The van der Waals surface area contributed by atoms with Crippen molar-refractivity contribution in [1.82, 2.24) is 0 Å². The van der Waals surface area contributed by atoms with Gasteiger partial charge in [-0.15, -0.1) is 11.3 Å². The summed E-state index contributed by atoms with van der Waals surface area (Å²) < 4.78 is 16.6. The maximum absolute atomic E-state index is 12.6. The summed E-state index contributed by atoms with van der Waals surface area (Å²) in [6.45, 7) is 6.99. The normalized spacial score (nSPS) is 20.8. The quantitative estimate of drug-likeness (QED) is 0.707. The Morgan fingerprint density at radius 2 is 1.70 bits per heavy atom. The summed E-state index contributed by atoms with van der Waals surface area (Å²) in [6, 6.07) is 3.97. The number of hydrogen-bond donors (Lipinski definition) is 1. The predicted octanol–water partition coefficient (Wildman–Crippen LogP) is 5.40. The van der Waals surface area contributed by atoms with Gasteiger partial charge in [-0.3, -0.25) is 4.79 Å². The Morgan fingerprint density at radius 3 is 2.27 bits per heavy atom. The van der Waals surface area contributed by atoms with Crippen LogP contribution in [0.2, 0.25) is 0 Å². The van der Waals surface area contributed by atoms with Gasteiger partial charge in [-0.25, -0.2) is 0 Å². The van der Waals surface area contributed by atoms with Crippen LogP contribution < -0.4 is 19.5 Å². The molecule has 2 heterocycles. The lowest BCUT2D eigenvalue weighted by Crippen LogP contribution is -2.27. The van der Waals surface area contributed by atoms with Gasteiger partial charge in [-0.2, -0.15) is 0 Å². The Kier molecular flexibility index (Phi) is 5.47. The number of ether oxygens (including phenoxy) is 3. The zero-order chi connectivity index (χ0) is 21.6. The van der Waals surface area contributed by atoms with Crippen molar-refractivity contribution in [3.8, 4) is 17.2 Å². The molecule has 30 heavy (non-hydrogen) atoms. The minimum atomic E-state index is -0.00589. The Balaban J connectivity index is 1.80. The summed E-state index contributed by atoms with van der Waals surface area (Å²) in [5, 5.41) is 4.16. The average Bonchev–Trinajstić information content (AvgIpc) is 3.08. The van der Waals surface area contributed by atoms with Crippen LogP contribution in [0.3, 0.4) is 0 Å². The summed E-state index contributed by atoms with van der Waals surface area (Å²) in [4.78, 5) is 14.0. The van der Waals surface area contributed by atoms with Crippen molar-refractivity contribution in [1.29, 1.82) is 0 Å². The van der Waals surface area contributed by atoms with Gasteiger partial charge in [0.15, 0.2) is 11.5 Å². The number of hydrogen-bond acceptors (Lipinski definition) is 5. The highest BCUT2D eigenvalue weighted by atomic mass is 32.1. The Hall–Kier alpha value is -2.21. The molecule has 0 bridgehead atoms. The van der Waals surface area contributed by atoms with Gasteiger partial charge in [0.2, 0.25) is 11.7 Å². The van der Waals surface area contributed by atoms with Crippen LogP contribution in [0.1, 0.15) is 61.1 Å². The zero-order valence-corrected chi connectivity index (χ0v) is 19.5. The SMILES string of the molecule is COc1cc([C@H]2CC(=O)Nc3sc4c(c32)CC[C@H](C(C)(C)C)C4)cc(OC)c1OC. The van der Waals surface area contributed by atoms with Crippen molar-refractivity contribution < 1.29 is 19.0 Å². The summed E-state index contributed by atoms with van der Waals surface area (Å²) in [5.74, 6) is 2.54. The van der Waals surface area contributed by atoms with Gasteiger partial charge in [-0.05, 0) is 59.4 Å². The van der Waals surface area contributed by atoms with Gasteiger partial charge in [0.25, 0.3) is 0 Å². The highest BCUT2D eigenvalue weighted by molar-refractivity contribution is 7.16. The number of carbonyl (C=O) groups is 1. The largest absolute Gasteiger partial charge is 0.493 e. The van der Waals surface area contributed by atoms with Crippen molar-refractivity contribution >= 4 is 22.2 Å². The first-order chi connectivity index (χ1) is 14.3. The third-order valence-electron chi connectivity index (χ3n) is 6.61. The molecular formula is C24H31NO4S. The van der Waals surface area contributed by atoms with Crippen LogP contribution >= 0.6 is 11.3 Å². The summed E-state index contributed by atoms with van der Waals surface area (Å²) in [5.41, 5.74) is 4.05. The molecule has 0 saturated heterocycles. The van der Waals surface area contributed by atoms with E-state index in [0.29, 0.717) is 35.0 Å². The fraction of sp³-hybridized carbons (Fsp3) is 0.542. The second-order valence-corrected chi connectivity index (χ2v) is 10.4. The molecule has 1 N–H and O–H groups in total. The van der Waals surface area contributed by atoms with Crippen LogP contribution in [0.5, 0.6) is 17.2 Å². The fourth-order valence-electron chi connectivity index (χ4n) is 4.86. The first-order valence-electron chi connectivity index (χ1n) is 10.5. The fourth-order valence-corrected chi connectivity index (χ4v) is 6.27. The van der Waals surface area contributed by atoms with Gasteiger partial charge in [0, 0.05) is 17.2 Å². The molecule has 1 aliphatic carbocycles. The number of amides is 1. The third-order valence-corrected chi connectivity index (χ3v) is 7.80. The Labute approximate surface area is 182 Å². The van der Waals surface area contributed by atoms with E-state index in [2.05, 4.69) is 26.1 Å². The van der Waals surface area contributed by atoms with Crippen molar-refractivity contribution in [3.05, 3.63) is 33.7 Å². The molecule has 1 amide bonds. The van der Waals surface area contributed by atoms with Crippen molar-refractivity contribution in [2.75, 3.05) is 26.6 Å². The molecule has 1 aromatic carbocycles. The molecule has 5 nitrogen and oxygen atoms in total. The minimum Gasteiger partial charge on any atom is -0.493 e. The molecule has 2 atom stereocenters. The van der Waals surface area contributed by atoms with E-state index in [1.165, 1.54) is 22.4 Å². The van der Waals surface area contributed by atoms with Gasteiger partial charge in [0.05, 0.1) is 26.3 Å². The standard InChI is InChI=1S/C24H31NO4S/c1-24(2,3)14-7-8-15-19(11-14)30-23-21(15)16(12-20(26)25-23)13-9-17(27-4)22(29-6)18(10-13)28-5/h9-10,14,16H,7-8,11-12H2,1-6H3,(H,25,26)/t14-,16+/m0/s1. The Bertz CT molecular complexity index is 947. The molecule has 0 radical (unpaired) electrons. The third kappa shape index (κ3) is 3.55. The van der Waals surface area contributed by atoms with Crippen LogP contribution in [0, 0.1) is 11.3 Å². The first-order valence-corrected chi connectivity index (χ1v) is 11.3. The number of rotatable bonds is 4. The topological polar surface area (TPSA) is 56.8 Å². The van der Waals surface area contributed by atoms with Crippen LogP contribution in [0.25, 0.3) is 0 Å². The summed E-state index contributed by atoms with van der Waals surface area (Å²) >= 11 is 1.77. The van der Waals surface area contributed by atoms with Crippen molar-refractivity contribution in [2.45, 2.75) is 52.4 Å². The summed E-state index contributed by atoms with van der Waals surface area (Å²) in [7, 11) is 4.85. The molecule has 0 fully saturated rings. The molecule has 0 saturated carbocycles. The molecule has 2 aromatic rings. The minimum absolute atomic E-state index is 0.00589. The highest BCUT2D eigenvalue weighted by Crippen LogP contribution is 2.51. The lowest BCUT2D eigenvalue weighted by Gasteiger charge is -2.34. The van der Waals surface area contributed by atoms with E-state index in [4.69, 9.17) is 14.2 Å². The van der Waals surface area contributed by atoms with E-state index in [0.717, 1.165) is 23.4 Å². The second-order valence-electron chi connectivity index (χ2n) is 9.32. The number of thiophene rings is 1. The number of fused-ring (bicyclic) bond motifs is 3. The number of carbonyl (C=O) groups excluding carboxylic acids is 1.